The number of hydrogen-bond acceptors (Lipinski definition) is 5. The molecule has 8 nitrogen and oxygen atoms in total. The molecule has 0 fully saturated rings. The molecule has 0 bridgehead atoms. The number of rotatable bonds is 23. The average molecular weight is 534 g/mol. The highest BCUT2D eigenvalue weighted by atomic mass is 31.2. The zero-order valence-corrected chi connectivity index (χ0v) is 24.4. The second-order valence-electron chi connectivity index (χ2n) is 10.4. The highest BCUT2D eigenvalue weighted by molar-refractivity contribution is 7.47. The van der Waals surface area contributed by atoms with E-state index in [-0.39, 0.29) is 19.1 Å². The summed E-state index contributed by atoms with van der Waals surface area (Å²) in [5, 5.41) is 13.4. The van der Waals surface area contributed by atoms with Gasteiger partial charge < -0.3 is 19.8 Å². The number of nitrogens with zero attached hydrogens (tertiary/aromatic N) is 1. The Bertz CT molecular complexity index is 663. The maximum atomic E-state index is 12.5. The van der Waals surface area contributed by atoms with E-state index < -0.39 is 20.0 Å². The Morgan fingerprint density at radius 1 is 0.917 bits per heavy atom. The minimum absolute atomic E-state index is 0.0561. The highest BCUT2D eigenvalue weighted by Crippen LogP contribution is 2.43. The van der Waals surface area contributed by atoms with Crippen molar-refractivity contribution < 1.29 is 32.9 Å². The van der Waals surface area contributed by atoms with Crippen LogP contribution in [0.2, 0.25) is 0 Å². The molecule has 0 rings (SSSR count). The normalized spacial score (nSPS) is 15.9. The first-order valence-electron chi connectivity index (χ1n) is 13.7. The lowest BCUT2D eigenvalue weighted by Crippen LogP contribution is -2.45. The molecule has 0 aliphatic carbocycles. The van der Waals surface area contributed by atoms with Crippen LogP contribution in [0.25, 0.3) is 0 Å². The van der Waals surface area contributed by atoms with E-state index >= 15 is 0 Å². The van der Waals surface area contributed by atoms with Gasteiger partial charge in [-0.25, -0.2) is 4.57 Å². The van der Waals surface area contributed by atoms with Crippen LogP contribution in [0.4, 0.5) is 0 Å². The van der Waals surface area contributed by atoms with E-state index in [1.54, 1.807) is 6.08 Å². The van der Waals surface area contributed by atoms with Crippen LogP contribution in [0, 0.1) is 0 Å². The molecule has 0 aromatic carbocycles. The van der Waals surface area contributed by atoms with Gasteiger partial charge in [0, 0.05) is 6.42 Å². The fraction of sp³-hybridized carbons (Fsp3) is 0.815. The summed E-state index contributed by atoms with van der Waals surface area (Å²) < 4.78 is 23.1. The van der Waals surface area contributed by atoms with Gasteiger partial charge in [0.1, 0.15) is 13.2 Å². The monoisotopic (exact) mass is 533 g/mol. The summed E-state index contributed by atoms with van der Waals surface area (Å²) in [4.78, 5) is 22.5. The molecule has 0 radical (unpaired) electrons. The Kier molecular flexibility index (Phi) is 20.4. The van der Waals surface area contributed by atoms with Crippen molar-refractivity contribution in [3.8, 4) is 0 Å². The molecule has 3 unspecified atom stereocenters. The fourth-order valence-electron chi connectivity index (χ4n) is 3.33. The highest BCUT2D eigenvalue weighted by Gasteiger charge is 2.27. The molecule has 0 aromatic heterocycles. The van der Waals surface area contributed by atoms with Gasteiger partial charge in [-0.2, -0.15) is 0 Å². The van der Waals surface area contributed by atoms with Gasteiger partial charge in [-0.3, -0.25) is 13.8 Å². The minimum atomic E-state index is -4.31. The van der Waals surface area contributed by atoms with Crippen molar-refractivity contribution in [3.05, 3.63) is 24.3 Å². The van der Waals surface area contributed by atoms with Gasteiger partial charge in [-0.1, -0.05) is 83.1 Å². The number of aliphatic hydroxyl groups excluding tert-OH is 1. The standard InChI is InChI=1S/C27H53N2O6P/c1-6-8-10-12-14-15-16-18-20-26(30)25(28-27(31)21-19-17-13-11-9-7-2)24-35-36(32,33)34-23-22-29(3,4)5/h12,14,18,20,25-26,30H,6-11,13,15-17,19,21-24H2,1-5H3,(H-,28,31,32,33)/p+1/b14-12+,20-18+. The van der Waals surface area contributed by atoms with Crippen LogP contribution in [0.3, 0.4) is 0 Å². The van der Waals surface area contributed by atoms with Crippen LogP contribution in [0.5, 0.6) is 0 Å². The van der Waals surface area contributed by atoms with Crippen LogP contribution < -0.4 is 5.32 Å². The van der Waals surface area contributed by atoms with Crippen molar-refractivity contribution in [2.24, 2.45) is 0 Å². The molecule has 0 aliphatic heterocycles. The molecule has 3 atom stereocenters. The van der Waals surface area contributed by atoms with Crippen molar-refractivity contribution in [3.63, 3.8) is 0 Å². The number of amides is 1. The van der Waals surface area contributed by atoms with Crippen LogP contribution in [0.15, 0.2) is 24.3 Å². The molecule has 0 heterocycles. The number of aliphatic hydroxyl groups is 1. The summed E-state index contributed by atoms with van der Waals surface area (Å²) in [7, 11) is 1.54. The Morgan fingerprint density at radius 2 is 1.53 bits per heavy atom. The largest absolute Gasteiger partial charge is 0.472 e. The number of nitrogens with one attached hydrogen (secondary N) is 1. The number of likely N-dealkylation sites (N-methyl/N-ethyl adjacent to an activating group) is 1. The molecule has 0 spiro atoms. The smallest absolute Gasteiger partial charge is 0.387 e. The molecule has 36 heavy (non-hydrogen) atoms. The van der Waals surface area contributed by atoms with E-state index in [9.17, 15) is 19.4 Å². The van der Waals surface area contributed by atoms with Gasteiger partial charge in [0.25, 0.3) is 0 Å². The molecular formula is C27H54N2O6P+. The van der Waals surface area contributed by atoms with Gasteiger partial charge in [0.05, 0.1) is 39.9 Å². The number of carbonyl (C=O) groups is 1. The molecule has 1 amide bonds. The van der Waals surface area contributed by atoms with Crippen molar-refractivity contribution in [2.45, 2.75) is 103 Å². The lowest BCUT2D eigenvalue weighted by molar-refractivity contribution is -0.870. The summed E-state index contributed by atoms with van der Waals surface area (Å²) in [6.45, 7) is 4.59. The predicted molar refractivity (Wildman–Crippen MR) is 148 cm³/mol. The summed E-state index contributed by atoms with van der Waals surface area (Å²) in [6, 6.07) is -0.851. The Labute approximate surface area is 220 Å². The molecule has 0 aromatic rings. The number of hydrogen-bond donors (Lipinski definition) is 3. The molecule has 3 N–H and O–H groups in total. The van der Waals surface area contributed by atoms with E-state index in [0.717, 1.165) is 38.5 Å². The number of phosphoric ester groups is 1. The fourth-order valence-corrected chi connectivity index (χ4v) is 4.07. The SMILES string of the molecule is CCCC/C=C/CC/C=C/C(O)C(COP(=O)(O)OCC[N+](C)(C)C)NC(=O)CCCCCCCC. The third kappa shape index (κ3) is 22.2. The third-order valence-electron chi connectivity index (χ3n) is 5.67. The van der Waals surface area contributed by atoms with E-state index in [4.69, 9.17) is 9.05 Å². The van der Waals surface area contributed by atoms with Crippen LogP contribution in [0.1, 0.15) is 90.9 Å². The van der Waals surface area contributed by atoms with Gasteiger partial charge >= 0.3 is 7.82 Å². The second kappa shape index (κ2) is 21.0. The van der Waals surface area contributed by atoms with Crippen molar-refractivity contribution in [2.75, 3.05) is 40.9 Å². The van der Waals surface area contributed by atoms with Gasteiger partial charge in [0.15, 0.2) is 0 Å². The molecule has 9 heteroatoms. The third-order valence-corrected chi connectivity index (χ3v) is 6.66. The molecule has 212 valence electrons. The van der Waals surface area contributed by atoms with Gasteiger partial charge in [-0.15, -0.1) is 0 Å². The van der Waals surface area contributed by atoms with Crippen molar-refractivity contribution in [1.82, 2.24) is 5.32 Å². The Balaban J connectivity index is 4.81. The Hall–Kier alpha value is -1.02. The second-order valence-corrected chi connectivity index (χ2v) is 11.9. The molecule has 0 aliphatic rings. The predicted octanol–water partition coefficient (Wildman–Crippen LogP) is 5.51. The van der Waals surface area contributed by atoms with Crippen LogP contribution >= 0.6 is 7.82 Å². The summed E-state index contributed by atoms with van der Waals surface area (Å²) in [5.41, 5.74) is 0. The van der Waals surface area contributed by atoms with E-state index in [1.807, 2.05) is 27.2 Å². The first-order chi connectivity index (χ1) is 17.0. The van der Waals surface area contributed by atoms with Crippen molar-refractivity contribution >= 4 is 13.7 Å². The molecular weight excluding hydrogens is 479 g/mol. The average Bonchev–Trinajstić information content (AvgIpc) is 2.79. The molecule has 0 saturated heterocycles. The van der Waals surface area contributed by atoms with E-state index in [1.165, 1.54) is 32.1 Å². The number of quaternary nitrogens is 1. The zero-order chi connectivity index (χ0) is 27.3. The van der Waals surface area contributed by atoms with Crippen LogP contribution in [-0.4, -0.2) is 73.4 Å². The summed E-state index contributed by atoms with van der Waals surface area (Å²) in [5.74, 6) is -0.205. The lowest BCUT2D eigenvalue weighted by Gasteiger charge is -2.25. The van der Waals surface area contributed by atoms with Crippen LogP contribution in [-0.2, 0) is 18.4 Å². The van der Waals surface area contributed by atoms with Gasteiger partial charge in [-0.05, 0) is 25.7 Å². The maximum absolute atomic E-state index is 12.5. The number of unbranched alkanes of at least 4 members (excludes halogenated alkanes) is 8. The quantitative estimate of drug-likeness (QED) is 0.0693. The minimum Gasteiger partial charge on any atom is -0.387 e. The summed E-state index contributed by atoms with van der Waals surface area (Å²) in [6.07, 6.45) is 18.5. The first-order valence-corrected chi connectivity index (χ1v) is 15.2. The Morgan fingerprint density at radius 3 is 2.19 bits per heavy atom. The topological polar surface area (TPSA) is 105 Å². The maximum Gasteiger partial charge on any atom is 0.472 e. The molecule has 0 saturated carbocycles. The lowest BCUT2D eigenvalue weighted by atomic mass is 10.1. The first kappa shape index (κ1) is 35.0. The number of allylic oxidation sites excluding steroid dienone is 3. The van der Waals surface area contributed by atoms with E-state index in [2.05, 4.69) is 31.3 Å². The number of phosphoric acid groups is 1. The zero-order valence-electron chi connectivity index (χ0n) is 23.5. The van der Waals surface area contributed by atoms with Gasteiger partial charge in [0.2, 0.25) is 5.91 Å². The van der Waals surface area contributed by atoms with Crippen molar-refractivity contribution in [1.29, 1.82) is 0 Å². The number of carbonyl (C=O) groups excluding carboxylic acids is 1. The summed E-state index contributed by atoms with van der Waals surface area (Å²) >= 11 is 0. The van der Waals surface area contributed by atoms with E-state index in [0.29, 0.717) is 17.4 Å².